The minimum atomic E-state index is -4.85. The number of aliphatic hydroxyl groups is 1. The lowest BCUT2D eigenvalue weighted by molar-refractivity contribution is -0.190. The van der Waals surface area contributed by atoms with E-state index in [4.69, 9.17) is 16.3 Å². The maximum Gasteiger partial charge on any atom is 0.425 e. The van der Waals surface area contributed by atoms with E-state index in [2.05, 4.69) is 20.4 Å². The van der Waals surface area contributed by atoms with Crippen molar-refractivity contribution in [3.05, 3.63) is 56.7 Å². The number of aryl methyl sites for hydroxylation is 1. The third kappa shape index (κ3) is 5.27. The van der Waals surface area contributed by atoms with Crippen molar-refractivity contribution >= 4 is 23.2 Å². The SMILES string of the molecule is CCn1c(CO)nn(-c2nc(OC(C)C(F)(F)F)c(C(=O)Nc3c(Cl)ccnc3C)cc2F)c1=O. The molecule has 0 aromatic carbocycles. The van der Waals surface area contributed by atoms with Gasteiger partial charge in [-0.15, -0.1) is 5.10 Å². The van der Waals surface area contributed by atoms with Gasteiger partial charge in [0, 0.05) is 12.7 Å². The number of carbonyl (C=O) groups excluding carboxylic acids is 1. The van der Waals surface area contributed by atoms with Crippen LogP contribution in [0.2, 0.25) is 5.02 Å². The Morgan fingerprint density at radius 2 is 2.06 bits per heavy atom. The molecular weight excluding hydrogens is 500 g/mol. The molecule has 2 N–H and O–H groups in total. The van der Waals surface area contributed by atoms with Crippen LogP contribution in [0, 0.1) is 12.7 Å². The monoisotopic (exact) mass is 518 g/mol. The summed E-state index contributed by atoms with van der Waals surface area (Å²) in [6, 6.07) is 1.93. The van der Waals surface area contributed by atoms with E-state index < -0.39 is 53.6 Å². The predicted molar refractivity (Wildman–Crippen MR) is 115 cm³/mol. The van der Waals surface area contributed by atoms with Gasteiger partial charge >= 0.3 is 11.9 Å². The van der Waals surface area contributed by atoms with Crippen molar-refractivity contribution < 1.29 is 32.2 Å². The highest BCUT2D eigenvalue weighted by atomic mass is 35.5. The second-order valence-electron chi connectivity index (χ2n) is 7.17. The molecule has 3 heterocycles. The Labute approximate surface area is 200 Å². The summed E-state index contributed by atoms with van der Waals surface area (Å²) >= 11 is 6.05. The van der Waals surface area contributed by atoms with Crippen molar-refractivity contribution in [2.75, 3.05) is 5.32 Å². The summed E-state index contributed by atoms with van der Waals surface area (Å²) in [6.45, 7) is 3.14. The van der Waals surface area contributed by atoms with Crippen LogP contribution < -0.4 is 15.7 Å². The third-order valence-electron chi connectivity index (χ3n) is 4.84. The molecule has 3 aromatic rings. The molecule has 1 unspecified atom stereocenters. The van der Waals surface area contributed by atoms with Crippen LogP contribution in [0.4, 0.5) is 23.2 Å². The van der Waals surface area contributed by atoms with E-state index in [1.165, 1.54) is 19.2 Å². The van der Waals surface area contributed by atoms with Gasteiger partial charge in [-0.3, -0.25) is 14.3 Å². The van der Waals surface area contributed by atoms with E-state index in [0.29, 0.717) is 17.7 Å². The fraction of sp³-hybridized carbons (Fsp3) is 0.350. The third-order valence-corrected chi connectivity index (χ3v) is 5.16. The van der Waals surface area contributed by atoms with E-state index in [1.54, 1.807) is 6.92 Å². The zero-order chi connectivity index (χ0) is 26.1. The molecule has 10 nitrogen and oxygen atoms in total. The van der Waals surface area contributed by atoms with Crippen LogP contribution in [0.25, 0.3) is 5.82 Å². The molecule has 0 aliphatic heterocycles. The van der Waals surface area contributed by atoms with Crippen molar-refractivity contribution in [2.45, 2.75) is 46.2 Å². The summed E-state index contributed by atoms with van der Waals surface area (Å²) in [4.78, 5) is 33.1. The van der Waals surface area contributed by atoms with Gasteiger partial charge in [-0.1, -0.05) is 11.6 Å². The molecule has 3 rings (SSSR count). The van der Waals surface area contributed by atoms with Gasteiger partial charge in [-0.25, -0.2) is 9.18 Å². The van der Waals surface area contributed by atoms with Crippen LogP contribution in [0.1, 0.15) is 35.7 Å². The largest absolute Gasteiger partial charge is 0.464 e. The molecule has 0 aliphatic carbocycles. The zero-order valence-corrected chi connectivity index (χ0v) is 19.3. The Bertz CT molecular complexity index is 1300. The number of rotatable bonds is 7. The highest BCUT2D eigenvalue weighted by Gasteiger charge is 2.39. The average Bonchev–Trinajstić information content (AvgIpc) is 3.11. The average molecular weight is 519 g/mol. The van der Waals surface area contributed by atoms with Crippen molar-refractivity contribution in [3.8, 4) is 11.7 Å². The van der Waals surface area contributed by atoms with Gasteiger partial charge in [-0.05, 0) is 32.9 Å². The van der Waals surface area contributed by atoms with Crippen LogP contribution in [0.3, 0.4) is 0 Å². The number of anilines is 1. The Morgan fingerprint density at radius 1 is 1.37 bits per heavy atom. The molecule has 0 saturated carbocycles. The maximum atomic E-state index is 15.0. The number of alkyl halides is 3. The maximum absolute atomic E-state index is 15.0. The highest BCUT2D eigenvalue weighted by Crippen LogP contribution is 2.30. The minimum absolute atomic E-state index is 0.0453. The molecule has 35 heavy (non-hydrogen) atoms. The second-order valence-corrected chi connectivity index (χ2v) is 7.58. The summed E-state index contributed by atoms with van der Waals surface area (Å²) in [7, 11) is 0. The van der Waals surface area contributed by atoms with Gasteiger partial charge in [0.2, 0.25) is 5.88 Å². The molecule has 0 radical (unpaired) electrons. The predicted octanol–water partition coefficient (Wildman–Crippen LogP) is 3.02. The van der Waals surface area contributed by atoms with Gasteiger partial charge in [0.15, 0.2) is 23.6 Å². The van der Waals surface area contributed by atoms with E-state index in [-0.39, 0.29) is 28.8 Å². The number of aromatic nitrogens is 5. The number of hydrogen-bond donors (Lipinski definition) is 2. The first-order valence-electron chi connectivity index (χ1n) is 10.0. The second kappa shape index (κ2) is 10.00. The van der Waals surface area contributed by atoms with E-state index >= 15 is 4.39 Å². The first kappa shape index (κ1) is 26.1. The minimum Gasteiger partial charge on any atom is -0.464 e. The molecule has 0 saturated heterocycles. The van der Waals surface area contributed by atoms with Crippen molar-refractivity contribution in [1.82, 2.24) is 24.3 Å². The van der Waals surface area contributed by atoms with Crippen LogP contribution in [0.5, 0.6) is 5.88 Å². The normalized spacial score (nSPS) is 12.5. The lowest BCUT2D eigenvalue weighted by Crippen LogP contribution is -2.33. The van der Waals surface area contributed by atoms with Gasteiger partial charge in [0.05, 0.1) is 16.4 Å². The van der Waals surface area contributed by atoms with E-state index in [9.17, 15) is 27.9 Å². The van der Waals surface area contributed by atoms with Gasteiger partial charge in [-0.2, -0.15) is 22.8 Å². The number of amides is 1. The number of carbonyl (C=O) groups is 1. The summed E-state index contributed by atoms with van der Waals surface area (Å²) in [5, 5.41) is 15.6. The molecule has 3 aromatic heterocycles. The number of nitrogens with zero attached hydrogens (tertiary/aromatic N) is 5. The van der Waals surface area contributed by atoms with E-state index in [1.807, 2.05) is 0 Å². The molecule has 15 heteroatoms. The topological polar surface area (TPSA) is 124 Å². The lowest BCUT2D eigenvalue weighted by atomic mass is 10.2. The van der Waals surface area contributed by atoms with Gasteiger partial charge < -0.3 is 15.2 Å². The number of pyridine rings is 2. The first-order valence-corrected chi connectivity index (χ1v) is 10.4. The van der Waals surface area contributed by atoms with Crippen LogP contribution in [-0.4, -0.2) is 47.6 Å². The fourth-order valence-electron chi connectivity index (χ4n) is 2.97. The summed E-state index contributed by atoms with van der Waals surface area (Å²) < 4.78 is 60.9. The summed E-state index contributed by atoms with van der Waals surface area (Å²) in [6.07, 6.45) is -5.92. The quantitative estimate of drug-likeness (QED) is 0.461. The number of ether oxygens (including phenoxy) is 1. The molecule has 0 aliphatic rings. The fourth-order valence-corrected chi connectivity index (χ4v) is 3.21. The number of hydrogen-bond acceptors (Lipinski definition) is 7. The standard InChI is InChI=1S/C20H19ClF4N6O4/c1-4-30-14(8-32)29-31(19(30)34)16-13(22)7-11(18(28-16)35-10(3)20(23,24)25)17(33)27-15-9(2)26-6-5-12(15)21/h5-7,10,32H,4,8H2,1-3H3,(H,27,33). The van der Waals surface area contributed by atoms with Crippen LogP contribution >= 0.6 is 11.6 Å². The zero-order valence-electron chi connectivity index (χ0n) is 18.5. The van der Waals surface area contributed by atoms with Gasteiger partial charge in [0.1, 0.15) is 12.2 Å². The van der Waals surface area contributed by atoms with Crippen LogP contribution in [0.15, 0.2) is 23.1 Å². The van der Waals surface area contributed by atoms with Crippen LogP contribution in [-0.2, 0) is 13.2 Å². The molecule has 0 bridgehead atoms. The molecule has 0 fully saturated rings. The van der Waals surface area contributed by atoms with Gasteiger partial charge in [0.25, 0.3) is 5.91 Å². The smallest absolute Gasteiger partial charge is 0.425 e. The number of aliphatic hydroxyl groups excluding tert-OH is 1. The first-order chi connectivity index (χ1) is 16.4. The Kier molecular flexibility index (Phi) is 7.45. The molecular formula is C20H19ClF4N6O4. The van der Waals surface area contributed by atoms with Crippen molar-refractivity contribution in [2.24, 2.45) is 0 Å². The highest BCUT2D eigenvalue weighted by molar-refractivity contribution is 6.34. The summed E-state index contributed by atoms with van der Waals surface area (Å²) in [5.74, 6) is -4.22. The number of nitrogens with one attached hydrogen (secondary N) is 1. The molecule has 1 atom stereocenters. The lowest BCUT2D eigenvalue weighted by Gasteiger charge is -2.19. The number of halogens is 5. The molecule has 1 amide bonds. The van der Waals surface area contributed by atoms with E-state index in [0.717, 1.165) is 4.57 Å². The Morgan fingerprint density at radius 3 is 2.60 bits per heavy atom. The Balaban J connectivity index is 2.16. The van der Waals surface area contributed by atoms with Crippen molar-refractivity contribution in [3.63, 3.8) is 0 Å². The van der Waals surface area contributed by atoms with Crippen molar-refractivity contribution in [1.29, 1.82) is 0 Å². The molecule has 188 valence electrons. The summed E-state index contributed by atoms with van der Waals surface area (Å²) in [5.41, 5.74) is -1.28. The Hall–Kier alpha value is -3.52. The molecule has 0 spiro atoms.